The molecule has 22 heavy (non-hydrogen) atoms. The molecule has 0 amide bonds. The molecule has 1 aromatic rings. The average molecular weight is 305 g/mol. The van der Waals surface area contributed by atoms with Crippen molar-refractivity contribution in [3.05, 3.63) is 23.3 Å². The van der Waals surface area contributed by atoms with Crippen LogP contribution >= 0.6 is 0 Å². The van der Waals surface area contributed by atoms with Gasteiger partial charge in [-0.25, -0.2) is 0 Å². The Labute approximate surface area is 130 Å². The number of hydrogen-bond acceptors (Lipinski definition) is 4. The van der Waals surface area contributed by atoms with Crippen LogP contribution in [0.1, 0.15) is 36.8 Å². The minimum atomic E-state index is -0.668. The van der Waals surface area contributed by atoms with Gasteiger partial charge in [-0.2, -0.15) is 0 Å². The van der Waals surface area contributed by atoms with E-state index in [9.17, 15) is 9.90 Å². The Morgan fingerprint density at radius 2 is 1.86 bits per heavy atom. The molecule has 0 radical (unpaired) electrons. The molecule has 5 nitrogen and oxygen atoms in total. The third-order valence-corrected chi connectivity index (χ3v) is 5.17. The maximum absolute atomic E-state index is 11.2. The molecule has 1 heterocycles. The van der Waals surface area contributed by atoms with E-state index in [1.807, 2.05) is 0 Å². The summed E-state index contributed by atoms with van der Waals surface area (Å²) in [7, 11) is 3.30. The summed E-state index contributed by atoms with van der Waals surface area (Å²) in [6.45, 7) is 0.917. The van der Waals surface area contributed by atoms with Crippen molar-refractivity contribution in [2.75, 3.05) is 20.8 Å². The summed E-state index contributed by atoms with van der Waals surface area (Å²) in [5, 5.41) is 12.9. The van der Waals surface area contributed by atoms with Crippen LogP contribution in [0.4, 0.5) is 0 Å². The summed E-state index contributed by atoms with van der Waals surface area (Å²) >= 11 is 0. The Morgan fingerprint density at radius 1 is 1.23 bits per heavy atom. The largest absolute Gasteiger partial charge is 0.493 e. The lowest BCUT2D eigenvalue weighted by molar-refractivity contribution is -0.143. The molecule has 0 aromatic heterocycles. The summed E-state index contributed by atoms with van der Waals surface area (Å²) in [5.41, 5.74) is 2.42. The number of rotatable bonds is 3. The zero-order chi connectivity index (χ0) is 15.7. The van der Waals surface area contributed by atoms with Gasteiger partial charge >= 0.3 is 5.97 Å². The lowest BCUT2D eigenvalue weighted by atomic mass is 9.69. The first-order chi connectivity index (χ1) is 10.6. The third kappa shape index (κ3) is 2.43. The van der Waals surface area contributed by atoms with Crippen molar-refractivity contribution in [3.8, 4) is 11.5 Å². The highest BCUT2D eigenvalue weighted by Gasteiger charge is 2.41. The van der Waals surface area contributed by atoms with Crippen molar-refractivity contribution in [3.63, 3.8) is 0 Å². The molecule has 2 aliphatic rings. The van der Waals surface area contributed by atoms with Gasteiger partial charge in [-0.3, -0.25) is 4.79 Å². The van der Waals surface area contributed by atoms with Crippen molar-refractivity contribution >= 4 is 5.97 Å². The smallest absolute Gasteiger partial charge is 0.306 e. The topological polar surface area (TPSA) is 67.8 Å². The molecule has 1 fully saturated rings. The van der Waals surface area contributed by atoms with E-state index in [1.165, 1.54) is 11.1 Å². The molecule has 0 unspecified atom stereocenters. The maximum Gasteiger partial charge on any atom is 0.306 e. The predicted octanol–water partition coefficient (Wildman–Crippen LogP) is 2.32. The molecule has 120 valence electrons. The number of benzene rings is 1. The second kappa shape index (κ2) is 5.80. The molecule has 0 atom stereocenters. The third-order valence-electron chi connectivity index (χ3n) is 5.17. The first-order valence-electron chi connectivity index (χ1n) is 7.83. The SMILES string of the molecule is COc1cc2c(cc1OC)C1(CCC(C(=O)O)CC1)NCC2. The molecular weight excluding hydrogens is 282 g/mol. The van der Waals surface area contributed by atoms with Crippen molar-refractivity contribution in [2.45, 2.75) is 37.6 Å². The Kier molecular flexibility index (Phi) is 4.00. The van der Waals surface area contributed by atoms with E-state index in [2.05, 4.69) is 17.4 Å². The van der Waals surface area contributed by atoms with Crippen LogP contribution < -0.4 is 14.8 Å². The Bertz CT molecular complexity index is 576. The molecule has 5 heteroatoms. The van der Waals surface area contributed by atoms with Crippen molar-refractivity contribution in [1.29, 1.82) is 0 Å². The van der Waals surface area contributed by atoms with Crippen LogP contribution in [0.15, 0.2) is 12.1 Å². The first-order valence-corrected chi connectivity index (χ1v) is 7.83. The molecule has 1 saturated carbocycles. The lowest BCUT2D eigenvalue weighted by Crippen LogP contribution is -2.50. The normalized spacial score (nSPS) is 27.3. The number of carbonyl (C=O) groups is 1. The van der Waals surface area contributed by atoms with Gasteiger partial charge in [0.25, 0.3) is 0 Å². The molecule has 1 spiro atoms. The van der Waals surface area contributed by atoms with Gasteiger partial charge in [0.1, 0.15) is 0 Å². The molecule has 2 N–H and O–H groups in total. The molecule has 0 saturated heterocycles. The van der Waals surface area contributed by atoms with Crippen LogP contribution in [0.2, 0.25) is 0 Å². The van der Waals surface area contributed by atoms with E-state index < -0.39 is 5.97 Å². The van der Waals surface area contributed by atoms with E-state index in [1.54, 1.807) is 14.2 Å². The maximum atomic E-state index is 11.2. The minimum Gasteiger partial charge on any atom is -0.493 e. The second-order valence-electron chi connectivity index (χ2n) is 6.24. The predicted molar refractivity (Wildman–Crippen MR) is 82.5 cm³/mol. The minimum absolute atomic E-state index is 0.112. The first kappa shape index (κ1) is 15.2. The van der Waals surface area contributed by atoms with Crippen LogP contribution in [0.3, 0.4) is 0 Å². The number of carboxylic acid groups (broad SMARTS) is 1. The van der Waals surface area contributed by atoms with Crippen LogP contribution in [-0.4, -0.2) is 31.8 Å². The van der Waals surface area contributed by atoms with Crippen molar-refractivity contribution < 1.29 is 19.4 Å². The van der Waals surface area contributed by atoms with Crippen molar-refractivity contribution in [1.82, 2.24) is 5.32 Å². The fraction of sp³-hybridized carbons (Fsp3) is 0.588. The number of ether oxygens (including phenoxy) is 2. The number of methoxy groups -OCH3 is 2. The molecule has 1 aliphatic heterocycles. The summed E-state index contributed by atoms with van der Waals surface area (Å²) in [6.07, 6.45) is 4.10. The van der Waals surface area contributed by atoms with E-state index in [-0.39, 0.29) is 11.5 Å². The van der Waals surface area contributed by atoms with E-state index >= 15 is 0 Å². The van der Waals surface area contributed by atoms with E-state index in [0.717, 1.165) is 50.1 Å². The molecular formula is C17H23NO4. The van der Waals surface area contributed by atoms with Gasteiger partial charge in [0.2, 0.25) is 0 Å². The summed E-state index contributed by atoms with van der Waals surface area (Å²) in [5.74, 6) is 0.623. The van der Waals surface area contributed by atoms with E-state index in [0.29, 0.717) is 0 Å². The van der Waals surface area contributed by atoms with Gasteiger partial charge in [0, 0.05) is 12.1 Å². The zero-order valence-corrected chi connectivity index (χ0v) is 13.1. The Hall–Kier alpha value is -1.75. The second-order valence-corrected chi connectivity index (χ2v) is 6.24. The summed E-state index contributed by atoms with van der Waals surface area (Å²) in [4.78, 5) is 11.2. The molecule has 3 rings (SSSR count). The summed E-state index contributed by atoms with van der Waals surface area (Å²) in [6, 6.07) is 4.14. The van der Waals surface area contributed by atoms with Crippen LogP contribution in [0.5, 0.6) is 11.5 Å². The molecule has 1 aliphatic carbocycles. The van der Waals surface area contributed by atoms with Gasteiger partial charge in [0.15, 0.2) is 11.5 Å². The molecule has 1 aromatic carbocycles. The number of nitrogens with one attached hydrogen (secondary N) is 1. The van der Waals surface area contributed by atoms with Crippen LogP contribution in [0, 0.1) is 5.92 Å². The fourth-order valence-corrected chi connectivity index (χ4v) is 3.91. The average Bonchev–Trinajstić information content (AvgIpc) is 2.54. The number of aliphatic carboxylic acids is 1. The zero-order valence-electron chi connectivity index (χ0n) is 13.1. The van der Waals surface area contributed by atoms with Gasteiger partial charge in [-0.1, -0.05) is 0 Å². The fourth-order valence-electron chi connectivity index (χ4n) is 3.91. The summed E-state index contributed by atoms with van der Waals surface area (Å²) < 4.78 is 10.9. The van der Waals surface area contributed by atoms with Crippen LogP contribution in [-0.2, 0) is 16.8 Å². The highest BCUT2D eigenvalue weighted by atomic mass is 16.5. The highest BCUT2D eigenvalue weighted by Crippen LogP contribution is 2.45. The number of hydrogen-bond donors (Lipinski definition) is 2. The van der Waals surface area contributed by atoms with Gasteiger partial charge in [-0.15, -0.1) is 0 Å². The Morgan fingerprint density at radius 3 is 2.45 bits per heavy atom. The monoisotopic (exact) mass is 305 g/mol. The van der Waals surface area contributed by atoms with Gasteiger partial charge in [0.05, 0.1) is 20.1 Å². The van der Waals surface area contributed by atoms with Crippen molar-refractivity contribution in [2.24, 2.45) is 5.92 Å². The number of carboxylic acids is 1. The van der Waals surface area contributed by atoms with Gasteiger partial charge in [-0.05, 0) is 55.4 Å². The van der Waals surface area contributed by atoms with Gasteiger partial charge < -0.3 is 19.9 Å². The highest BCUT2D eigenvalue weighted by molar-refractivity contribution is 5.70. The standard InChI is InChI=1S/C17H23NO4/c1-21-14-9-12-5-8-18-17(13(12)10-15(14)22-2)6-3-11(4-7-17)16(19)20/h9-11,18H,3-8H2,1-2H3,(H,19,20). The van der Waals surface area contributed by atoms with E-state index in [4.69, 9.17) is 9.47 Å². The quantitative estimate of drug-likeness (QED) is 0.897. The molecule has 0 bridgehead atoms. The van der Waals surface area contributed by atoms with Crippen LogP contribution in [0.25, 0.3) is 0 Å². The lowest BCUT2D eigenvalue weighted by Gasteiger charge is -2.44. The number of fused-ring (bicyclic) bond motifs is 2. The Balaban J connectivity index is 1.96.